The van der Waals surface area contributed by atoms with Gasteiger partial charge in [0.1, 0.15) is 11.9 Å². The molecule has 90 valence electrons. The van der Waals surface area contributed by atoms with Crippen molar-refractivity contribution in [2.24, 2.45) is 5.92 Å². The Morgan fingerprint density at radius 1 is 1.39 bits per heavy atom. The SMILES string of the molecule is Cc1cc(CC2CC[CH-]CC2)cc(F)c1C#N.[Rb+]. The molecule has 2 rings (SSSR count). The second-order valence-corrected chi connectivity index (χ2v) is 4.89. The van der Waals surface area contributed by atoms with Crippen molar-refractivity contribution >= 4 is 0 Å². The van der Waals surface area contributed by atoms with Crippen molar-refractivity contribution in [3.8, 4) is 6.07 Å². The Labute approximate surface area is 158 Å². The van der Waals surface area contributed by atoms with Gasteiger partial charge in [-0.1, -0.05) is 18.9 Å². The van der Waals surface area contributed by atoms with E-state index in [1.165, 1.54) is 31.7 Å². The van der Waals surface area contributed by atoms with Crippen LogP contribution >= 0.6 is 0 Å². The number of benzene rings is 1. The number of rotatable bonds is 2. The third-order valence-electron chi connectivity index (χ3n) is 3.54. The van der Waals surface area contributed by atoms with Crippen molar-refractivity contribution < 1.29 is 62.6 Å². The summed E-state index contributed by atoms with van der Waals surface area (Å²) < 4.78 is 13.6. The molecule has 0 aromatic heterocycles. The second kappa shape index (κ2) is 7.90. The van der Waals surface area contributed by atoms with Gasteiger partial charge >= 0.3 is 58.2 Å². The van der Waals surface area contributed by atoms with Gasteiger partial charge in [0.15, 0.2) is 0 Å². The van der Waals surface area contributed by atoms with Crippen LogP contribution in [-0.2, 0) is 6.42 Å². The minimum atomic E-state index is -0.370. The Morgan fingerprint density at radius 3 is 2.61 bits per heavy atom. The maximum absolute atomic E-state index is 13.6. The van der Waals surface area contributed by atoms with Crippen LogP contribution in [0.25, 0.3) is 0 Å². The summed E-state index contributed by atoms with van der Waals surface area (Å²) in [5.74, 6) is 0.302. The maximum Gasteiger partial charge on any atom is 1.00 e. The van der Waals surface area contributed by atoms with Crippen LogP contribution in [-0.4, -0.2) is 0 Å². The predicted octanol–water partition coefficient (Wildman–Crippen LogP) is 0.947. The summed E-state index contributed by atoms with van der Waals surface area (Å²) in [6, 6.07) is 5.40. The fraction of sp³-hybridized carbons (Fsp3) is 0.467. The van der Waals surface area contributed by atoms with Crippen molar-refractivity contribution in [3.63, 3.8) is 0 Å². The quantitative estimate of drug-likeness (QED) is 0.746. The van der Waals surface area contributed by atoms with Crippen molar-refractivity contribution in [3.05, 3.63) is 41.1 Å². The van der Waals surface area contributed by atoms with Crippen molar-refractivity contribution in [1.82, 2.24) is 0 Å². The van der Waals surface area contributed by atoms with Gasteiger partial charge in [-0.25, -0.2) is 4.39 Å². The molecule has 0 radical (unpaired) electrons. The van der Waals surface area contributed by atoms with Crippen LogP contribution in [0.1, 0.15) is 42.4 Å². The van der Waals surface area contributed by atoms with Gasteiger partial charge in [-0.2, -0.15) is 18.1 Å². The van der Waals surface area contributed by atoms with E-state index in [4.69, 9.17) is 5.26 Å². The zero-order chi connectivity index (χ0) is 12.3. The van der Waals surface area contributed by atoms with E-state index in [9.17, 15) is 4.39 Å². The molecule has 0 atom stereocenters. The van der Waals surface area contributed by atoms with Gasteiger partial charge in [-0.05, 0) is 36.5 Å². The van der Waals surface area contributed by atoms with Crippen LogP contribution in [0.2, 0.25) is 0 Å². The predicted molar refractivity (Wildman–Crippen MR) is 65.8 cm³/mol. The van der Waals surface area contributed by atoms with E-state index in [2.05, 4.69) is 6.42 Å². The summed E-state index contributed by atoms with van der Waals surface area (Å²) in [7, 11) is 0. The summed E-state index contributed by atoms with van der Waals surface area (Å²) >= 11 is 0. The summed E-state index contributed by atoms with van der Waals surface area (Å²) in [5.41, 5.74) is 1.97. The average Bonchev–Trinajstić information content (AvgIpc) is 2.30. The fourth-order valence-corrected chi connectivity index (χ4v) is 2.61. The smallest absolute Gasteiger partial charge is 0.328 e. The van der Waals surface area contributed by atoms with Gasteiger partial charge < -0.3 is 6.42 Å². The average molecular weight is 316 g/mol. The van der Waals surface area contributed by atoms with Gasteiger partial charge in [0.2, 0.25) is 0 Å². The molecule has 1 fully saturated rings. The third kappa shape index (κ3) is 4.23. The van der Waals surface area contributed by atoms with Gasteiger partial charge in [-0.15, -0.1) is 0 Å². The molecule has 1 saturated carbocycles. The largest absolute Gasteiger partial charge is 1.00 e. The van der Waals surface area contributed by atoms with Crippen LogP contribution in [0.3, 0.4) is 0 Å². The molecule has 0 saturated heterocycles. The van der Waals surface area contributed by atoms with E-state index in [1.54, 1.807) is 6.92 Å². The molecule has 0 spiro atoms. The Bertz CT molecular complexity index is 421. The first kappa shape index (κ1) is 16.5. The van der Waals surface area contributed by atoms with E-state index in [-0.39, 0.29) is 69.6 Å². The molecule has 0 heterocycles. The number of nitriles is 1. The summed E-state index contributed by atoms with van der Waals surface area (Å²) in [4.78, 5) is 0. The summed E-state index contributed by atoms with van der Waals surface area (Å²) in [6.45, 7) is 1.81. The van der Waals surface area contributed by atoms with Crippen LogP contribution in [0.5, 0.6) is 0 Å². The van der Waals surface area contributed by atoms with Crippen LogP contribution in [0.4, 0.5) is 4.39 Å². The zero-order valence-corrected chi connectivity index (χ0v) is 16.1. The first-order valence-corrected chi connectivity index (χ1v) is 6.21. The fourth-order valence-electron chi connectivity index (χ4n) is 2.61. The number of nitrogens with zero attached hydrogens (tertiary/aromatic N) is 1. The van der Waals surface area contributed by atoms with Gasteiger partial charge in [0.25, 0.3) is 0 Å². The minimum Gasteiger partial charge on any atom is -0.328 e. The van der Waals surface area contributed by atoms with Gasteiger partial charge in [-0.3, -0.25) is 0 Å². The molecule has 0 unspecified atom stereocenters. The minimum absolute atomic E-state index is 0. The van der Waals surface area contributed by atoms with Crippen molar-refractivity contribution in [1.29, 1.82) is 5.26 Å². The zero-order valence-electron chi connectivity index (χ0n) is 11.2. The molecular weight excluding hydrogens is 299 g/mol. The monoisotopic (exact) mass is 315 g/mol. The Kier molecular flexibility index (Phi) is 7.24. The number of hydrogen-bond donors (Lipinski definition) is 0. The van der Waals surface area contributed by atoms with E-state index < -0.39 is 0 Å². The van der Waals surface area contributed by atoms with E-state index in [0.29, 0.717) is 5.92 Å². The summed E-state index contributed by atoms with van der Waals surface area (Å²) in [6.07, 6.45) is 8.06. The van der Waals surface area contributed by atoms with E-state index >= 15 is 0 Å². The molecule has 0 N–H and O–H groups in total. The molecule has 1 aromatic rings. The summed E-state index contributed by atoms with van der Waals surface area (Å²) in [5, 5.41) is 8.82. The van der Waals surface area contributed by atoms with Crippen molar-refractivity contribution in [2.75, 3.05) is 0 Å². The Hall–Kier alpha value is 0.445. The normalized spacial score (nSPS) is 15.8. The maximum atomic E-state index is 13.6. The second-order valence-electron chi connectivity index (χ2n) is 4.89. The molecule has 1 aromatic carbocycles. The molecule has 18 heavy (non-hydrogen) atoms. The van der Waals surface area contributed by atoms with E-state index in [1.807, 2.05) is 12.1 Å². The topological polar surface area (TPSA) is 23.8 Å². The molecule has 3 heteroatoms. The van der Waals surface area contributed by atoms with Crippen molar-refractivity contribution in [2.45, 2.75) is 39.0 Å². The standard InChI is InChI=1S/C15H17FN.Rb/c1-11-7-13(9-15(16)14(11)10-17)8-12-5-3-2-4-6-12;/h2,7,9,12H,3-6,8H2,1H3;/q-1;+1. The van der Waals surface area contributed by atoms with E-state index in [0.717, 1.165) is 17.5 Å². The van der Waals surface area contributed by atoms with Crippen LogP contribution < -0.4 is 58.2 Å². The number of hydrogen-bond acceptors (Lipinski definition) is 1. The molecule has 0 amide bonds. The third-order valence-corrected chi connectivity index (χ3v) is 3.54. The first-order valence-electron chi connectivity index (χ1n) is 6.21. The molecule has 0 aliphatic heterocycles. The molecular formula is C15H17FNRb. The molecule has 0 bridgehead atoms. The van der Waals surface area contributed by atoms with Crippen LogP contribution in [0, 0.1) is 36.4 Å². The van der Waals surface area contributed by atoms with Gasteiger partial charge in [0, 0.05) is 0 Å². The number of aryl methyl sites for hydroxylation is 1. The Balaban J connectivity index is 0.00000162. The molecule has 1 aliphatic carbocycles. The first-order chi connectivity index (χ1) is 8.20. The molecule has 1 nitrogen and oxygen atoms in total. The Morgan fingerprint density at radius 2 is 2.06 bits per heavy atom. The number of halogens is 1. The molecule has 1 aliphatic rings. The van der Waals surface area contributed by atoms with Gasteiger partial charge in [0.05, 0.1) is 5.56 Å². The van der Waals surface area contributed by atoms with Crippen LogP contribution in [0.15, 0.2) is 12.1 Å².